The van der Waals surface area contributed by atoms with E-state index in [2.05, 4.69) is 15.6 Å². The molecule has 3 N–H and O–H groups in total. The van der Waals surface area contributed by atoms with Gasteiger partial charge in [-0.15, -0.1) is 0 Å². The number of aromatic amines is 1. The maximum absolute atomic E-state index is 13.1. The van der Waals surface area contributed by atoms with Gasteiger partial charge in [0.25, 0.3) is 5.56 Å². The van der Waals surface area contributed by atoms with E-state index in [4.69, 9.17) is 14.2 Å². The molecule has 0 bridgehead atoms. The Labute approximate surface area is 216 Å². The summed E-state index contributed by atoms with van der Waals surface area (Å²) in [4.78, 5) is 40.6. The molecule has 1 aromatic heterocycles. The molecule has 9 nitrogen and oxygen atoms in total. The van der Waals surface area contributed by atoms with Crippen LogP contribution in [0, 0.1) is 11.2 Å². The quantitative estimate of drug-likeness (QED) is 0.288. The molecule has 1 aliphatic rings. The Balaban J connectivity index is 1.30. The van der Waals surface area contributed by atoms with Gasteiger partial charge >= 0.3 is 0 Å². The van der Waals surface area contributed by atoms with Crippen molar-refractivity contribution in [3.05, 3.63) is 82.9 Å². The zero-order valence-electron chi connectivity index (χ0n) is 20.6. The van der Waals surface area contributed by atoms with Crippen LogP contribution in [0.4, 0.5) is 15.8 Å². The van der Waals surface area contributed by atoms with E-state index in [0.717, 1.165) is 0 Å². The number of methoxy groups -OCH3 is 2. The molecular weight excluding hydrogens is 493 g/mol. The maximum atomic E-state index is 13.1. The maximum Gasteiger partial charge on any atom is 0.252 e. The van der Waals surface area contributed by atoms with E-state index in [0.29, 0.717) is 58.1 Å². The second-order valence-corrected chi connectivity index (χ2v) is 8.87. The molecular formula is C28H24FN3O6. The Morgan fingerprint density at radius 3 is 1.92 bits per heavy atom. The minimum Gasteiger partial charge on any atom is -0.493 e. The molecule has 4 aromatic rings. The monoisotopic (exact) mass is 517 g/mol. The van der Waals surface area contributed by atoms with Crippen molar-refractivity contribution in [1.29, 1.82) is 0 Å². The fraction of sp³-hybridized carbons (Fsp3) is 0.179. The Kier molecular flexibility index (Phi) is 6.46. The van der Waals surface area contributed by atoms with E-state index in [9.17, 15) is 18.8 Å². The molecule has 1 fully saturated rings. The van der Waals surface area contributed by atoms with Crippen LogP contribution in [0.5, 0.6) is 23.0 Å². The number of ether oxygens (including phenoxy) is 3. The standard InChI is InChI=1S/C28H24FN3O6/c1-36-23-13-20-21(14-24(23)37-2)32-25(33)15-22(20)38-19-9-7-18(8-10-19)31-27(35)28(11-12-28)26(34)30-17-5-3-16(29)4-6-17/h3-10,13-15H,11-12H2,1-2H3,(H,30,34)(H,31,35)(H,32,33). The minimum absolute atomic E-state index is 0.316. The highest BCUT2D eigenvalue weighted by atomic mass is 19.1. The number of hydrogen-bond donors (Lipinski definition) is 3. The molecule has 5 rings (SSSR count). The number of fused-ring (bicyclic) bond motifs is 1. The summed E-state index contributed by atoms with van der Waals surface area (Å²) in [6.07, 6.45) is 0.827. The number of aromatic nitrogens is 1. The van der Waals surface area contributed by atoms with Crippen LogP contribution < -0.4 is 30.4 Å². The predicted octanol–water partition coefficient (Wildman–Crippen LogP) is 4.83. The molecule has 1 aliphatic carbocycles. The number of pyridine rings is 1. The van der Waals surface area contributed by atoms with Crippen LogP contribution in [-0.4, -0.2) is 31.0 Å². The summed E-state index contributed by atoms with van der Waals surface area (Å²) < 4.78 is 29.8. The van der Waals surface area contributed by atoms with Crippen LogP contribution in [0.15, 0.2) is 71.5 Å². The van der Waals surface area contributed by atoms with Crippen molar-refractivity contribution in [2.45, 2.75) is 12.8 Å². The highest BCUT2D eigenvalue weighted by Crippen LogP contribution is 2.47. The minimum atomic E-state index is -1.17. The van der Waals surface area contributed by atoms with Crippen molar-refractivity contribution in [2.75, 3.05) is 24.9 Å². The van der Waals surface area contributed by atoms with Crippen LogP contribution in [0.1, 0.15) is 12.8 Å². The second kappa shape index (κ2) is 9.89. The second-order valence-electron chi connectivity index (χ2n) is 8.87. The van der Waals surface area contributed by atoms with Gasteiger partial charge in [-0.1, -0.05) is 0 Å². The Bertz CT molecular complexity index is 1580. The van der Waals surface area contributed by atoms with Crippen LogP contribution in [0.2, 0.25) is 0 Å². The van der Waals surface area contributed by atoms with Crippen molar-refractivity contribution < 1.29 is 28.2 Å². The zero-order chi connectivity index (χ0) is 26.9. The van der Waals surface area contributed by atoms with Gasteiger partial charge < -0.3 is 29.8 Å². The van der Waals surface area contributed by atoms with E-state index in [1.54, 1.807) is 36.4 Å². The first-order chi connectivity index (χ1) is 18.3. The topological polar surface area (TPSA) is 119 Å². The van der Waals surface area contributed by atoms with Gasteiger partial charge in [-0.25, -0.2) is 4.39 Å². The third-order valence-electron chi connectivity index (χ3n) is 6.37. The predicted molar refractivity (Wildman–Crippen MR) is 140 cm³/mol. The third-order valence-corrected chi connectivity index (χ3v) is 6.37. The van der Waals surface area contributed by atoms with E-state index in [1.807, 2.05) is 0 Å². The fourth-order valence-electron chi connectivity index (χ4n) is 4.09. The fourth-order valence-corrected chi connectivity index (χ4v) is 4.09. The van der Waals surface area contributed by atoms with Crippen LogP contribution >= 0.6 is 0 Å². The van der Waals surface area contributed by atoms with Crippen LogP contribution in [0.25, 0.3) is 10.9 Å². The number of halogens is 1. The average molecular weight is 518 g/mol. The van der Waals surface area contributed by atoms with Crippen molar-refractivity contribution in [3.8, 4) is 23.0 Å². The van der Waals surface area contributed by atoms with E-state index < -0.39 is 23.0 Å². The van der Waals surface area contributed by atoms with Gasteiger partial charge in [0.2, 0.25) is 11.8 Å². The first-order valence-electron chi connectivity index (χ1n) is 11.8. The highest BCUT2D eigenvalue weighted by Gasteiger charge is 2.56. The molecule has 0 atom stereocenters. The normalized spacial score (nSPS) is 13.4. The van der Waals surface area contributed by atoms with E-state index in [1.165, 1.54) is 44.6 Å². The molecule has 1 saturated carbocycles. The largest absolute Gasteiger partial charge is 0.493 e. The lowest BCUT2D eigenvalue weighted by Crippen LogP contribution is -2.35. The van der Waals surface area contributed by atoms with E-state index in [-0.39, 0.29) is 5.56 Å². The molecule has 0 unspecified atom stereocenters. The Morgan fingerprint density at radius 1 is 0.816 bits per heavy atom. The number of amides is 2. The summed E-state index contributed by atoms with van der Waals surface area (Å²) in [6.45, 7) is 0. The summed E-state index contributed by atoms with van der Waals surface area (Å²) in [5.41, 5.74) is -0.112. The first kappa shape index (κ1) is 24.8. The summed E-state index contributed by atoms with van der Waals surface area (Å²) >= 11 is 0. The molecule has 0 radical (unpaired) electrons. The molecule has 1 heterocycles. The number of carbonyl (C=O) groups is 2. The number of H-pyrrole nitrogens is 1. The Hall–Kier alpha value is -4.86. The van der Waals surface area contributed by atoms with Crippen molar-refractivity contribution >= 4 is 34.1 Å². The van der Waals surface area contributed by atoms with Gasteiger partial charge in [0.1, 0.15) is 22.7 Å². The number of anilines is 2. The van der Waals surface area contributed by atoms with Crippen molar-refractivity contribution in [1.82, 2.24) is 4.98 Å². The van der Waals surface area contributed by atoms with Gasteiger partial charge in [-0.2, -0.15) is 0 Å². The van der Waals surface area contributed by atoms with E-state index >= 15 is 0 Å². The molecule has 0 aliphatic heterocycles. The van der Waals surface area contributed by atoms with Crippen molar-refractivity contribution in [3.63, 3.8) is 0 Å². The van der Waals surface area contributed by atoms with Crippen LogP contribution in [-0.2, 0) is 9.59 Å². The average Bonchev–Trinajstić information content (AvgIpc) is 3.73. The van der Waals surface area contributed by atoms with Gasteiger partial charge in [0, 0.05) is 28.9 Å². The van der Waals surface area contributed by atoms with Crippen molar-refractivity contribution in [2.24, 2.45) is 5.41 Å². The molecule has 194 valence electrons. The molecule has 3 aromatic carbocycles. The van der Waals surface area contributed by atoms with Gasteiger partial charge in [-0.05, 0) is 67.4 Å². The summed E-state index contributed by atoms with van der Waals surface area (Å²) in [7, 11) is 3.02. The molecule has 38 heavy (non-hydrogen) atoms. The summed E-state index contributed by atoms with van der Waals surface area (Å²) in [6, 6.07) is 16.6. The van der Waals surface area contributed by atoms with Gasteiger partial charge in [-0.3, -0.25) is 14.4 Å². The van der Waals surface area contributed by atoms with Crippen LogP contribution in [0.3, 0.4) is 0 Å². The SMILES string of the molecule is COc1cc2[nH]c(=O)cc(Oc3ccc(NC(=O)C4(C(=O)Nc5ccc(F)cc5)CC4)cc3)c2cc1OC. The lowest BCUT2D eigenvalue weighted by molar-refractivity contribution is -0.131. The molecule has 0 saturated heterocycles. The summed E-state index contributed by atoms with van der Waals surface area (Å²) in [5, 5.41) is 6.07. The smallest absolute Gasteiger partial charge is 0.252 e. The lowest BCUT2D eigenvalue weighted by Gasteiger charge is -2.16. The lowest BCUT2D eigenvalue weighted by atomic mass is 10.0. The first-order valence-corrected chi connectivity index (χ1v) is 11.8. The third kappa shape index (κ3) is 4.88. The van der Waals surface area contributed by atoms with Gasteiger partial charge in [0.15, 0.2) is 11.5 Å². The number of hydrogen-bond acceptors (Lipinski definition) is 6. The molecule has 0 spiro atoms. The molecule has 2 amide bonds. The van der Waals surface area contributed by atoms with Gasteiger partial charge in [0.05, 0.1) is 19.7 Å². The number of benzene rings is 3. The number of carbonyl (C=O) groups excluding carboxylic acids is 2. The zero-order valence-corrected chi connectivity index (χ0v) is 20.6. The Morgan fingerprint density at radius 2 is 1.37 bits per heavy atom. The number of nitrogens with one attached hydrogen (secondary N) is 3. The summed E-state index contributed by atoms with van der Waals surface area (Å²) in [5.74, 6) is 0.416. The molecule has 10 heteroatoms. The highest BCUT2D eigenvalue weighted by molar-refractivity contribution is 6.16. The number of rotatable bonds is 8.